The van der Waals surface area contributed by atoms with Gasteiger partial charge in [0.2, 0.25) is 5.82 Å². The summed E-state index contributed by atoms with van der Waals surface area (Å²) in [5.41, 5.74) is -0.652. The summed E-state index contributed by atoms with van der Waals surface area (Å²) in [7, 11) is 0. The van der Waals surface area contributed by atoms with E-state index in [0.29, 0.717) is 0 Å². The van der Waals surface area contributed by atoms with Crippen LogP contribution in [0.2, 0.25) is 5.02 Å². The summed E-state index contributed by atoms with van der Waals surface area (Å²) in [5.74, 6) is -4.65. The lowest BCUT2D eigenvalue weighted by Gasteiger charge is -2.12. The minimum absolute atomic E-state index is 0.00102. The van der Waals surface area contributed by atoms with Crippen LogP contribution in [0, 0.1) is 15.9 Å². The molecule has 11 heteroatoms. The standard InChI is InChI=1S/C15H10ClF3N2O4S/c16-9-2-1-3-11(14(9)26-15(18)19)20-13(22)7-25-8-4-5-12(21(23)24)10(17)6-8/h1-6,15H,7H2,(H,20,22). The molecular formula is C15H10ClF3N2O4S. The van der Waals surface area contributed by atoms with Gasteiger partial charge >= 0.3 is 5.69 Å². The summed E-state index contributed by atoms with van der Waals surface area (Å²) in [5, 5.41) is 12.9. The minimum Gasteiger partial charge on any atom is -0.484 e. The zero-order valence-corrected chi connectivity index (χ0v) is 14.3. The molecule has 0 bridgehead atoms. The second-order valence-electron chi connectivity index (χ2n) is 4.70. The topological polar surface area (TPSA) is 81.5 Å². The molecule has 1 amide bonds. The van der Waals surface area contributed by atoms with Gasteiger partial charge in [0.05, 0.1) is 20.5 Å². The van der Waals surface area contributed by atoms with E-state index in [1.165, 1.54) is 18.2 Å². The molecule has 1 N–H and O–H groups in total. The predicted octanol–water partition coefficient (Wildman–Crippen LogP) is 4.72. The van der Waals surface area contributed by atoms with Crippen molar-refractivity contribution in [1.82, 2.24) is 0 Å². The average Bonchev–Trinajstić information content (AvgIpc) is 2.55. The fourth-order valence-electron chi connectivity index (χ4n) is 1.88. The zero-order chi connectivity index (χ0) is 19.3. The molecule has 0 aromatic heterocycles. The number of anilines is 1. The van der Waals surface area contributed by atoms with Gasteiger partial charge in [-0.1, -0.05) is 29.4 Å². The number of halogens is 4. The number of nitrogens with zero attached hydrogens (tertiary/aromatic N) is 1. The molecule has 0 aliphatic heterocycles. The first-order chi connectivity index (χ1) is 12.3. The molecule has 0 fully saturated rings. The Kier molecular flexibility index (Phi) is 6.70. The molecular weight excluding hydrogens is 397 g/mol. The van der Waals surface area contributed by atoms with Crippen molar-refractivity contribution in [2.75, 3.05) is 11.9 Å². The number of rotatable bonds is 7. The van der Waals surface area contributed by atoms with Crippen molar-refractivity contribution in [2.24, 2.45) is 0 Å². The Labute approximate surface area is 154 Å². The second-order valence-corrected chi connectivity index (χ2v) is 6.11. The molecule has 0 radical (unpaired) electrons. The van der Waals surface area contributed by atoms with Crippen LogP contribution in [-0.4, -0.2) is 23.2 Å². The molecule has 0 aliphatic rings. The van der Waals surface area contributed by atoms with Crippen molar-refractivity contribution in [2.45, 2.75) is 10.7 Å². The number of carbonyl (C=O) groups is 1. The van der Waals surface area contributed by atoms with E-state index in [1.807, 2.05) is 0 Å². The summed E-state index contributed by atoms with van der Waals surface area (Å²) >= 11 is 6.03. The number of hydrogen-bond acceptors (Lipinski definition) is 5. The number of nitrogens with one attached hydrogen (secondary N) is 1. The van der Waals surface area contributed by atoms with E-state index in [9.17, 15) is 28.1 Å². The van der Waals surface area contributed by atoms with Gasteiger partial charge in [-0.2, -0.15) is 13.2 Å². The smallest absolute Gasteiger partial charge is 0.305 e. The second kappa shape index (κ2) is 8.77. The number of ether oxygens (including phenoxy) is 1. The molecule has 0 spiro atoms. The van der Waals surface area contributed by atoms with Crippen molar-refractivity contribution in [3.63, 3.8) is 0 Å². The lowest BCUT2D eigenvalue weighted by atomic mass is 10.3. The SMILES string of the molecule is O=C(COc1ccc([N+](=O)[O-])c(F)c1)Nc1cccc(Cl)c1SC(F)F. The molecule has 6 nitrogen and oxygen atoms in total. The van der Waals surface area contributed by atoms with Crippen LogP contribution < -0.4 is 10.1 Å². The zero-order valence-electron chi connectivity index (χ0n) is 12.7. The van der Waals surface area contributed by atoms with Crippen LogP contribution >= 0.6 is 23.4 Å². The number of nitro benzene ring substituents is 1. The highest BCUT2D eigenvalue weighted by Gasteiger charge is 2.17. The molecule has 0 heterocycles. The Morgan fingerprint density at radius 2 is 2.08 bits per heavy atom. The summed E-state index contributed by atoms with van der Waals surface area (Å²) < 4.78 is 43.7. The highest BCUT2D eigenvalue weighted by atomic mass is 35.5. The third kappa shape index (κ3) is 5.27. The molecule has 2 aromatic carbocycles. The van der Waals surface area contributed by atoms with Crippen molar-refractivity contribution in [1.29, 1.82) is 0 Å². The van der Waals surface area contributed by atoms with Crippen LogP contribution in [0.25, 0.3) is 0 Å². The fraction of sp³-hybridized carbons (Fsp3) is 0.133. The van der Waals surface area contributed by atoms with E-state index in [2.05, 4.69) is 5.32 Å². The van der Waals surface area contributed by atoms with Crippen LogP contribution in [0.1, 0.15) is 0 Å². The van der Waals surface area contributed by atoms with E-state index in [0.717, 1.165) is 18.2 Å². The lowest BCUT2D eigenvalue weighted by molar-refractivity contribution is -0.387. The Bertz CT molecular complexity index is 839. The largest absolute Gasteiger partial charge is 0.484 e. The summed E-state index contributed by atoms with van der Waals surface area (Å²) in [6, 6.07) is 7.06. The van der Waals surface area contributed by atoms with Gasteiger partial charge in [0.25, 0.3) is 11.7 Å². The van der Waals surface area contributed by atoms with Crippen molar-refractivity contribution < 1.29 is 27.6 Å². The van der Waals surface area contributed by atoms with Crippen LogP contribution in [0.4, 0.5) is 24.5 Å². The normalized spacial score (nSPS) is 10.7. The highest BCUT2D eigenvalue weighted by molar-refractivity contribution is 7.99. The number of thioether (sulfide) groups is 1. The molecule has 0 saturated carbocycles. The van der Waals surface area contributed by atoms with E-state index in [1.54, 1.807) is 0 Å². The van der Waals surface area contributed by atoms with Gasteiger partial charge in [0.1, 0.15) is 5.75 Å². The maximum absolute atomic E-state index is 13.5. The average molecular weight is 407 g/mol. The van der Waals surface area contributed by atoms with Gasteiger partial charge in [-0.3, -0.25) is 14.9 Å². The van der Waals surface area contributed by atoms with Gasteiger partial charge in [-0.05, 0) is 18.2 Å². The predicted molar refractivity (Wildman–Crippen MR) is 90.5 cm³/mol. The number of hydrogen-bond donors (Lipinski definition) is 1. The lowest BCUT2D eigenvalue weighted by Crippen LogP contribution is -2.20. The van der Waals surface area contributed by atoms with Crippen LogP contribution in [-0.2, 0) is 4.79 Å². The quantitative estimate of drug-likeness (QED) is 0.409. The molecule has 2 aromatic rings. The van der Waals surface area contributed by atoms with Crippen LogP contribution in [0.15, 0.2) is 41.3 Å². The number of benzene rings is 2. The number of alkyl halides is 2. The molecule has 0 aliphatic carbocycles. The third-order valence-corrected chi connectivity index (χ3v) is 4.21. The maximum Gasteiger partial charge on any atom is 0.305 e. The third-order valence-electron chi connectivity index (χ3n) is 2.93. The highest BCUT2D eigenvalue weighted by Crippen LogP contribution is 2.37. The number of nitro groups is 1. The summed E-state index contributed by atoms with van der Waals surface area (Å²) in [6.45, 7) is -0.567. The first-order valence-electron chi connectivity index (χ1n) is 6.88. The molecule has 2 rings (SSSR count). The van der Waals surface area contributed by atoms with Gasteiger partial charge in [0, 0.05) is 12.1 Å². The number of amides is 1. The van der Waals surface area contributed by atoms with Crippen molar-refractivity contribution in [3.8, 4) is 5.75 Å². The summed E-state index contributed by atoms with van der Waals surface area (Å²) in [4.78, 5) is 21.6. The van der Waals surface area contributed by atoms with Gasteiger partial charge in [0.15, 0.2) is 6.61 Å². The molecule has 26 heavy (non-hydrogen) atoms. The Hall–Kier alpha value is -2.46. The van der Waals surface area contributed by atoms with Crippen LogP contribution in [0.3, 0.4) is 0 Å². The number of carbonyl (C=O) groups excluding carboxylic acids is 1. The minimum atomic E-state index is -2.73. The first-order valence-corrected chi connectivity index (χ1v) is 8.13. The Balaban J connectivity index is 2.03. The van der Waals surface area contributed by atoms with E-state index >= 15 is 0 Å². The summed E-state index contributed by atoms with van der Waals surface area (Å²) in [6.07, 6.45) is 0. The van der Waals surface area contributed by atoms with Crippen LogP contribution in [0.5, 0.6) is 5.75 Å². The first kappa shape index (κ1) is 19.9. The van der Waals surface area contributed by atoms with Gasteiger partial charge in [-0.25, -0.2) is 0 Å². The monoisotopic (exact) mass is 406 g/mol. The molecule has 138 valence electrons. The molecule has 0 atom stereocenters. The maximum atomic E-state index is 13.5. The van der Waals surface area contributed by atoms with Gasteiger partial charge < -0.3 is 10.1 Å². The van der Waals surface area contributed by atoms with Crippen molar-refractivity contribution >= 4 is 40.6 Å². The van der Waals surface area contributed by atoms with E-state index < -0.39 is 34.7 Å². The fourth-order valence-corrected chi connectivity index (χ4v) is 2.79. The van der Waals surface area contributed by atoms with Gasteiger partial charge in [-0.15, -0.1) is 0 Å². The van der Waals surface area contributed by atoms with Crippen molar-refractivity contribution in [3.05, 3.63) is 57.4 Å². The molecule has 0 unspecified atom stereocenters. The van der Waals surface area contributed by atoms with E-state index in [4.69, 9.17) is 16.3 Å². The Morgan fingerprint density at radius 3 is 2.69 bits per heavy atom. The van der Waals surface area contributed by atoms with E-state index in [-0.39, 0.29) is 33.1 Å². The molecule has 0 saturated heterocycles. The Morgan fingerprint density at radius 1 is 1.35 bits per heavy atom.